The number of fused-ring (bicyclic) bond motifs is 1. The predicted octanol–water partition coefficient (Wildman–Crippen LogP) is 4.20. The van der Waals surface area contributed by atoms with Crippen LogP contribution >= 0.6 is 11.3 Å². The van der Waals surface area contributed by atoms with Crippen molar-refractivity contribution < 1.29 is 9.53 Å². The number of methoxy groups -OCH3 is 1. The molecule has 0 fully saturated rings. The molecule has 0 radical (unpaired) electrons. The van der Waals surface area contributed by atoms with Crippen molar-refractivity contribution >= 4 is 27.5 Å². The molecule has 0 aliphatic carbocycles. The number of hydrogen-bond acceptors (Lipinski definition) is 5. The van der Waals surface area contributed by atoms with E-state index in [0.717, 1.165) is 28.2 Å². The highest BCUT2D eigenvalue weighted by Gasteiger charge is 2.16. The average molecular weight is 385 g/mol. The van der Waals surface area contributed by atoms with Gasteiger partial charge in [-0.05, 0) is 24.0 Å². The molecule has 0 spiro atoms. The third kappa shape index (κ3) is 3.95. The van der Waals surface area contributed by atoms with Crippen LogP contribution in [0.15, 0.2) is 34.4 Å². The number of ether oxygens (including phenoxy) is 1. The number of carbonyl (C=O) groups is 1. The lowest BCUT2D eigenvalue weighted by Gasteiger charge is -2.11. The molecule has 3 rings (SSSR count). The van der Waals surface area contributed by atoms with Crippen LogP contribution in [0.4, 0.5) is 0 Å². The zero-order valence-electron chi connectivity index (χ0n) is 15.9. The van der Waals surface area contributed by atoms with Gasteiger partial charge in [0.25, 0.3) is 5.56 Å². The molecule has 0 amide bonds. The van der Waals surface area contributed by atoms with E-state index in [1.54, 1.807) is 4.57 Å². The molecule has 142 valence electrons. The van der Waals surface area contributed by atoms with Crippen LogP contribution in [0.1, 0.15) is 38.1 Å². The Hall–Kier alpha value is -2.47. The summed E-state index contributed by atoms with van der Waals surface area (Å²) in [4.78, 5) is 30.1. The predicted molar refractivity (Wildman–Crippen MR) is 109 cm³/mol. The maximum Gasteiger partial charge on any atom is 0.305 e. The summed E-state index contributed by atoms with van der Waals surface area (Å²) in [7, 11) is 1.38. The molecule has 6 heteroatoms. The first-order valence-corrected chi connectivity index (χ1v) is 10.1. The highest BCUT2D eigenvalue weighted by atomic mass is 32.1. The van der Waals surface area contributed by atoms with Crippen molar-refractivity contribution in [1.82, 2.24) is 9.55 Å². The third-order valence-corrected chi connectivity index (χ3v) is 5.62. The van der Waals surface area contributed by atoms with E-state index in [9.17, 15) is 9.59 Å². The molecule has 0 saturated heterocycles. The number of thiophene rings is 1. The Morgan fingerprint density at radius 2 is 1.93 bits per heavy atom. The largest absolute Gasteiger partial charge is 0.469 e. The van der Waals surface area contributed by atoms with Crippen molar-refractivity contribution in [3.63, 3.8) is 0 Å². The van der Waals surface area contributed by atoms with Crippen LogP contribution in [0.5, 0.6) is 0 Å². The fraction of sp³-hybridized carbons (Fsp3) is 0.381. The van der Waals surface area contributed by atoms with Crippen LogP contribution in [0, 0.1) is 0 Å². The van der Waals surface area contributed by atoms with Crippen molar-refractivity contribution in [2.45, 2.75) is 46.1 Å². The van der Waals surface area contributed by atoms with Gasteiger partial charge in [-0.1, -0.05) is 38.1 Å². The maximum atomic E-state index is 13.2. The van der Waals surface area contributed by atoms with Gasteiger partial charge in [-0.2, -0.15) is 0 Å². The molecule has 0 N–H and O–H groups in total. The Morgan fingerprint density at radius 1 is 1.19 bits per heavy atom. The van der Waals surface area contributed by atoms with Crippen LogP contribution in [-0.4, -0.2) is 22.6 Å². The molecular weight excluding hydrogens is 360 g/mol. The molecule has 27 heavy (non-hydrogen) atoms. The lowest BCUT2D eigenvalue weighted by atomic mass is 10.0. The summed E-state index contributed by atoms with van der Waals surface area (Å²) in [6, 6.07) is 8.33. The van der Waals surface area contributed by atoms with Crippen molar-refractivity contribution in [2.75, 3.05) is 7.11 Å². The van der Waals surface area contributed by atoms with Crippen LogP contribution in [-0.2, 0) is 28.9 Å². The minimum Gasteiger partial charge on any atom is -0.469 e. The van der Waals surface area contributed by atoms with Crippen molar-refractivity contribution in [1.29, 1.82) is 0 Å². The number of aromatic nitrogens is 2. The van der Waals surface area contributed by atoms with Crippen LogP contribution < -0.4 is 5.56 Å². The smallest absolute Gasteiger partial charge is 0.305 e. The number of aryl methyl sites for hydroxylation is 2. The van der Waals surface area contributed by atoms with Gasteiger partial charge in [0.2, 0.25) is 0 Å². The first-order valence-electron chi connectivity index (χ1n) is 9.26. The van der Waals surface area contributed by atoms with Gasteiger partial charge in [0.05, 0.1) is 12.5 Å². The Bertz CT molecular complexity index is 1000. The molecule has 5 nitrogen and oxygen atoms in total. The van der Waals surface area contributed by atoms with E-state index in [-0.39, 0.29) is 11.5 Å². The average Bonchev–Trinajstić information content (AvgIpc) is 3.13. The second-order valence-corrected chi connectivity index (χ2v) is 7.26. The number of carbonyl (C=O) groups excluding carboxylic acids is 1. The van der Waals surface area contributed by atoms with Gasteiger partial charge in [0, 0.05) is 30.3 Å². The van der Waals surface area contributed by atoms with E-state index in [0.29, 0.717) is 31.2 Å². The molecule has 0 bridgehead atoms. The summed E-state index contributed by atoms with van der Waals surface area (Å²) in [5.41, 5.74) is 3.20. The van der Waals surface area contributed by atoms with E-state index in [4.69, 9.17) is 4.98 Å². The lowest BCUT2D eigenvalue weighted by molar-refractivity contribution is -0.140. The minimum atomic E-state index is -0.262. The van der Waals surface area contributed by atoms with Gasteiger partial charge in [0.15, 0.2) is 0 Å². The van der Waals surface area contributed by atoms with Gasteiger partial charge in [-0.25, -0.2) is 4.98 Å². The van der Waals surface area contributed by atoms with E-state index in [2.05, 4.69) is 35.9 Å². The highest BCUT2D eigenvalue weighted by molar-refractivity contribution is 7.17. The first kappa shape index (κ1) is 19.3. The van der Waals surface area contributed by atoms with Gasteiger partial charge in [-0.3, -0.25) is 14.2 Å². The van der Waals surface area contributed by atoms with Gasteiger partial charge in [-0.15, -0.1) is 11.3 Å². The summed E-state index contributed by atoms with van der Waals surface area (Å²) in [6.07, 6.45) is 2.50. The molecule has 0 atom stereocenters. The zero-order valence-corrected chi connectivity index (χ0v) is 16.8. The highest BCUT2D eigenvalue weighted by Crippen LogP contribution is 2.31. The van der Waals surface area contributed by atoms with E-state index >= 15 is 0 Å². The molecule has 3 aromatic rings. The van der Waals surface area contributed by atoms with Crippen LogP contribution in [0.3, 0.4) is 0 Å². The fourth-order valence-corrected chi connectivity index (χ4v) is 4.14. The third-order valence-electron chi connectivity index (χ3n) is 4.75. The lowest BCUT2D eigenvalue weighted by Crippen LogP contribution is -2.25. The summed E-state index contributed by atoms with van der Waals surface area (Å²) in [5, 5.41) is 2.68. The van der Waals surface area contributed by atoms with Crippen LogP contribution in [0.25, 0.3) is 21.3 Å². The summed E-state index contributed by atoms with van der Waals surface area (Å²) >= 11 is 1.50. The molecular formula is C21H24N2O3S. The number of esters is 1. The van der Waals surface area contributed by atoms with Gasteiger partial charge >= 0.3 is 5.97 Å². The first-order chi connectivity index (χ1) is 13.1. The van der Waals surface area contributed by atoms with E-state index < -0.39 is 0 Å². The van der Waals surface area contributed by atoms with Crippen molar-refractivity contribution in [3.8, 4) is 11.1 Å². The molecule has 0 aliphatic rings. The minimum absolute atomic E-state index is 0.0301. The summed E-state index contributed by atoms with van der Waals surface area (Å²) < 4.78 is 6.40. The topological polar surface area (TPSA) is 61.2 Å². The Morgan fingerprint density at radius 3 is 2.56 bits per heavy atom. The molecule has 1 aromatic carbocycles. The zero-order chi connectivity index (χ0) is 19.4. The Balaban J connectivity index is 2.03. The summed E-state index contributed by atoms with van der Waals surface area (Å²) in [6.45, 7) is 4.57. The monoisotopic (exact) mass is 384 g/mol. The molecule has 0 unspecified atom stereocenters. The normalized spacial score (nSPS) is 11.1. The number of nitrogens with zero attached hydrogens (tertiary/aromatic N) is 2. The Kier molecular flexibility index (Phi) is 6.06. The van der Waals surface area contributed by atoms with Gasteiger partial charge in [0.1, 0.15) is 10.7 Å². The Labute approximate surface area is 162 Å². The standard InChI is InChI=1S/C21H24N2O3S/c1-4-14-8-10-15(11-9-14)16-13-27-20-19(16)21(25)23(17(5-2)22-20)12-6-7-18(24)26-3/h8-11,13H,4-7,12H2,1-3H3. The fourth-order valence-electron chi connectivity index (χ4n) is 3.18. The van der Waals surface area contributed by atoms with E-state index in [1.807, 2.05) is 12.3 Å². The SMILES string of the molecule is CCc1ccc(-c2csc3nc(CC)n(CCCC(=O)OC)c(=O)c23)cc1. The number of rotatable bonds is 7. The van der Waals surface area contributed by atoms with Crippen molar-refractivity contribution in [3.05, 3.63) is 51.4 Å². The second kappa shape index (κ2) is 8.48. The maximum absolute atomic E-state index is 13.2. The van der Waals surface area contributed by atoms with Gasteiger partial charge < -0.3 is 4.74 Å². The second-order valence-electron chi connectivity index (χ2n) is 6.40. The summed E-state index contributed by atoms with van der Waals surface area (Å²) in [5.74, 6) is 0.495. The van der Waals surface area contributed by atoms with Crippen LogP contribution in [0.2, 0.25) is 0 Å². The number of hydrogen-bond donors (Lipinski definition) is 0. The van der Waals surface area contributed by atoms with Crippen molar-refractivity contribution in [2.24, 2.45) is 0 Å². The van der Waals surface area contributed by atoms with E-state index in [1.165, 1.54) is 24.0 Å². The molecule has 2 heterocycles. The molecule has 2 aromatic heterocycles. The number of benzene rings is 1. The quantitative estimate of drug-likeness (QED) is 0.573. The molecule has 0 saturated carbocycles. The molecule has 0 aliphatic heterocycles.